The lowest BCUT2D eigenvalue weighted by atomic mass is 9.98. The average molecular weight is 433 g/mol. The minimum Gasteiger partial charge on any atom is -0.459 e. The largest absolute Gasteiger partial charge is 0.459 e. The molecule has 0 fully saturated rings. The van der Waals surface area contributed by atoms with Gasteiger partial charge in [0, 0.05) is 18.7 Å². The van der Waals surface area contributed by atoms with Crippen LogP contribution in [0.15, 0.2) is 57.0 Å². The number of hydrogen-bond acceptors (Lipinski definition) is 6. The third-order valence-electron chi connectivity index (χ3n) is 4.84. The van der Waals surface area contributed by atoms with Crippen LogP contribution in [0.1, 0.15) is 36.4 Å². The van der Waals surface area contributed by atoms with Crippen LogP contribution >= 0.6 is 0 Å². The molecule has 3 N–H and O–H groups in total. The quantitative estimate of drug-likeness (QED) is 0.541. The molecular weight excluding hydrogens is 408 g/mol. The van der Waals surface area contributed by atoms with E-state index < -0.39 is 16.1 Å². The number of benzene rings is 1. The zero-order valence-corrected chi connectivity index (χ0v) is 17.5. The van der Waals surface area contributed by atoms with E-state index in [2.05, 4.69) is 20.3 Å². The van der Waals surface area contributed by atoms with Crippen LogP contribution in [0.4, 0.5) is 0 Å². The number of nitrogens with one attached hydrogen (secondary N) is 3. The SMILES string of the molecule is CC[C@H](C)[C@H](N=C1NS(=O)(=O)c2ccccc21)C(=O)NCCNC(=O)c1ccco1. The van der Waals surface area contributed by atoms with Gasteiger partial charge in [0.15, 0.2) is 5.76 Å². The van der Waals surface area contributed by atoms with E-state index in [0.29, 0.717) is 12.0 Å². The molecule has 2 amide bonds. The number of furan rings is 1. The van der Waals surface area contributed by atoms with E-state index in [1.54, 1.807) is 30.3 Å². The van der Waals surface area contributed by atoms with Gasteiger partial charge < -0.3 is 15.1 Å². The summed E-state index contributed by atoms with van der Waals surface area (Å²) in [5.41, 5.74) is 0.448. The average Bonchev–Trinajstić information content (AvgIpc) is 3.36. The summed E-state index contributed by atoms with van der Waals surface area (Å²) >= 11 is 0. The Morgan fingerprint density at radius 1 is 1.13 bits per heavy atom. The maximum absolute atomic E-state index is 12.8. The monoisotopic (exact) mass is 432 g/mol. The summed E-state index contributed by atoms with van der Waals surface area (Å²) in [7, 11) is -3.68. The van der Waals surface area contributed by atoms with Gasteiger partial charge in [0.25, 0.3) is 15.9 Å². The number of hydrogen-bond donors (Lipinski definition) is 3. The van der Waals surface area contributed by atoms with Crippen molar-refractivity contribution < 1.29 is 22.4 Å². The lowest BCUT2D eigenvalue weighted by Gasteiger charge is -2.19. The van der Waals surface area contributed by atoms with Gasteiger partial charge in [-0.25, -0.2) is 8.42 Å². The fourth-order valence-electron chi connectivity index (χ4n) is 3.00. The minimum atomic E-state index is -3.68. The van der Waals surface area contributed by atoms with Gasteiger partial charge in [-0.3, -0.25) is 19.3 Å². The van der Waals surface area contributed by atoms with Crippen LogP contribution in [0.5, 0.6) is 0 Å². The molecule has 1 aliphatic heterocycles. The standard InChI is InChI=1S/C20H24N4O5S/c1-3-13(2)17(20(26)22-11-10-21-19(25)15-8-6-12-29-15)23-18-14-7-4-5-9-16(14)30(27,28)24-18/h4-9,12-13,17H,3,10-11H2,1-2H3,(H,21,25)(H,22,26)(H,23,24)/t13-,17-/m0/s1. The molecule has 10 heteroatoms. The molecule has 1 aromatic carbocycles. The minimum absolute atomic E-state index is 0.118. The summed E-state index contributed by atoms with van der Waals surface area (Å²) in [6.07, 6.45) is 2.08. The molecule has 0 unspecified atom stereocenters. The van der Waals surface area contributed by atoms with Crippen LogP contribution < -0.4 is 15.4 Å². The molecule has 2 aromatic rings. The highest BCUT2D eigenvalue weighted by Crippen LogP contribution is 2.24. The molecule has 160 valence electrons. The first-order valence-electron chi connectivity index (χ1n) is 9.63. The summed E-state index contributed by atoms with van der Waals surface area (Å²) in [6, 6.07) is 8.89. The second-order valence-electron chi connectivity index (χ2n) is 6.93. The number of amides is 2. The molecule has 9 nitrogen and oxygen atoms in total. The molecule has 0 aliphatic carbocycles. The third kappa shape index (κ3) is 4.70. The molecule has 30 heavy (non-hydrogen) atoms. The number of carbonyl (C=O) groups excluding carboxylic acids is 2. The van der Waals surface area contributed by atoms with Crippen LogP contribution in [-0.2, 0) is 14.8 Å². The van der Waals surface area contributed by atoms with Crippen LogP contribution in [-0.4, -0.2) is 45.2 Å². The van der Waals surface area contributed by atoms with Gasteiger partial charge in [-0.1, -0.05) is 32.4 Å². The van der Waals surface area contributed by atoms with Crippen LogP contribution in [0.25, 0.3) is 0 Å². The van der Waals surface area contributed by atoms with Crippen molar-refractivity contribution in [2.24, 2.45) is 10.9 Å². The predicted octanol–water partition coefficient (Wildman–Crippen LogP) is 1.28. The Morgan fingerprint density at radius 3 is 2.57 bits per heavy atom. The van der Waals surface area contributed by atoms with Gasteiger partial charge >= 0.3 is 0 Å². The fraction of sp³-hybridized carbons (Fsp3) is 0.350. The molecule has 2 atom stereocenters. The van der Waals surface area contributed by atoms with E-state index in [9.17, 15) is 18.0 Å². The Kier molecular flexibility index (Phi) is 6.56. The number of aliphatic imine (C=N–C) groups is 1. The maximum atomic E-state index is 12.8. The Bertz CT molecular complexity index is 1050. The van der Waals surface area contributed by atoms with Crippen molar-refractivity contribution in [1.82, 2.24) is 15.4 Å². The van der Waals surface area contributed by atoms with Gasteiger partial charge in [0.1, 0.15) is 11.9 Å². The molecule has 3 rings (SSSR count). The third-order valence-corrected chi connectivity index (χ3v) is 6.23. The molecular formula is C20H24N4O5S. The van der Waals surface area contributed by atoms with Crippen molar-refractivity contribution in [3.05, 3.63) is 54.0 Å². The van der Waals surface area contributed by atoms with Gasteiger partial charge in [-0.15, -0.1) is 0 Å². The Hall–Kier alpha value is -3.14. The summed E-state index contributed by atoms with van der Waals surface area (Å²) < 4.78 is 32.0. The first-order chi connectivity index (χ1) is 14.3. The van der Waals surface area contributed by atoms with E-state index in [4.69, 9.17) is 4.42 Å². The van der Waals surface area contributed by atoms with Crippen LogP contribution in [0.3, 0.4) is 0 Å². The number of carbonyl (C=O) groups is 2. The first-order valence-corrected chi connectivity index (χ1v) is 11.1. The topological polar surface area (TPSA) is 130 Å². The van der Waals surface area contributed by atoms with Crippen molar-refractivity contribution in [3.63, 3.8) is 0 Å². The van der Waals surface area contributed by atoms with Crippen molar-refractivity contribution in [1.29, 1.82) is 0 Å². The molecule has 0 saturated carbocycles. The molecule has 0 saturated heterocycles. The number of fused-ring (bicyclic) bond motifs is 1. The number of nitrogens with zero attached hydrogens (tertiary/aromatic N) is 1. The molecule has 0 spiro atoms. The highest BCUT2D eigenvalue weighted by Gasteiger charge is 2.33. The van der Waals surface area contributed by atoms with Crippen molar-refractivity contribution in [2.75, 3.05) is 13.1 Å². The van der Waals surface area contributed by atoms with Gasteiger partial charge in [0.2, 0.25) is 5.91 Å². The lowest BCUT2D eigenvalue weighted by molar-refractivity contribution is -0.123. The maximum Gasteiger partial charge on any atom is 0.287 e. The summed E-state index contributed by atoms with van der Waals surface area (Å²) in [5.74, 6) is -0.473. The van der Waals surface area contributed by atoms with Crippen molar-refractivity contribution in [2.45, 2.75) is 31.2 Å². The predicted molar refractivity (Wildman–Crippen MR) is 111 cm³/mol. The zero-order chi connectivity index (χ0) is 21.7. The Labute approximate surface area is 175 Å². The number of rotatable bonds is 8. The second-order valence-corrected chi connectivity index (χ2v) is 8.58. The van der Waals surface area contributed by atoms with Gasteiger partial charge in [-0.2, -0.15) is 0 Å². The van der Waals surface area contributed by atoms with Gasteiger partial charge in [-0.05, 0) is 30.2 Å². The highest BCUT2D eigenvalue weighted by molar-refractivity contribution is 7.90. The van der Waals surface area contributed by atoms with E-state index in [1.807, 2.05) is 13.8 Å². The summed E-state index contributed by atoms with van der Waals surface area (Å²) in [4.78, 5) is 29.2. The molecule has 0 radical (unpaired) electrons. The summed E-state index contributed by atoms with van der Waals surface area (Å²) in [6.45, 7) is 4.22. The molecule has 1 aromatic heterocycles. The molecule has 2 heterocycles. The van der Waals surface area contributed by atoms with E-state index in [1.165, 1.54) is 12.3 Å². The van der Waals surface area contributed by atoms with E-state index >= 15 is 0 Å². The molecule has 0 bridgehead atoms. The van der Waals surface area contributed by atoms with E-state index in [-0.39, 0.29) is 47.3 Å². The zero-order valence-electron chi connectivity index (χ0n) is 16.7. The van der Waals surface area contributed by atoms with E-state index in [0.717, 1.165) is 0 Å². The first kappa shape index (κ1) is 21.6. The van der Waals surface area contributed by atoms with Crippen molar-refractivity contribution in [3.8, 4) is 0 Å². The smallest absolute Gasteiger partial charge is 0.287 e. The van der Waals surface area contributed by atoms with Gasteiger partial charge in [0.05, 0.1) is 11.2 Å². The second kappa shape index (κ2) is 9.12. The van der Waals surface area contributed by atoms with Crippen molar-refractivity contribution >= 4 is 27.7 Å². The normalized spacial score (nSPS) is 17.6. The highest BCUT2D eigenvalue weighted by atomic mass is 32.2. The Balaban J connectivity index is 1.67. The molecule has 1 aliphatic rings. The Morgan fingerprint density at radius 2 is 1.87 bits per heavy atom. The van der Waals surface area contributed by atoms with Crippen LogP contribution in [0.2, 0.25) is 0 Å². The fourth-order valence-corrected chi connectivity index (χ4v) is 4.24. The summed E-state index contributed by atoms with van der Waals surface area (Å²) in [5, 5.41) is 5.39. The lowest BCUT2D eigenvalue weighted by Crippen LogP contribution is -2.42. The number of sulfonamides is 1. The van der Waals surface area contributed by atoms with Crippen LogP contribution in [0, 0.1) is 5.92 Å². The number of amidine groups is 1.